The maximum absolute atomic E-state index is 9.35. The monoisotopic (exact) mass is 658 g/mol. The molecule has 256 valence electrons. The van der Waals surface area contributed by atoms with Crippen molar-refractivity contribution in [2.45, 2.75) is 79.6 Å². The molecule has 0 unspecified atom stereocenters. The summed E-state index contributed by atoms with van der Waals surface area (Å²) < 4.78 is 19.5. The first-order chi connectivity index (χ1) is 24.0. The highest BCUT2D eigenvalue weighted by Crippen LogP contribution is 2.39. The second-order valence-corrected chi connectivity index (χ2v) is 13.3. The fourth-order valence-electron chi connectivity index (χ4n) is 7.35. The van der Waals surface area contributed by atoms with Crippen molar-refractivity contribution in [3.8, 4) is 34.4 Å². The van der Waals surface area contributed by atoms with E-state index < -0.39 is 0 Å². The molecule has 1 saturated heterocycles. The van der Waals surface area contributed by atoms with Crippen LogP contribution in [0.15, 0.2) is 60.9 Å². The van der Waals surface area contributed by atoms with Crippen LogP contribution in [0.1, 0.15) is 77.6 Å². The van der Waals surface area contributed by atoms with Crippen LogP contribution in [0.5, 0.6) is 17.2 Å². The molecule has 0 bridgehead atoms. The van der Waals surface area contributed by atoms with E-state index in [1.54, 1.807) is 12.4 Å². The molecule has 2 aliphatic rings. The van der Waals surface area contributed by atoms with E-state index >= 15 is 0 Å². The Bertz CT molecular complexity index is 1790. The van der Waals surface area contributed by atoms with Crippen molar-refractivity contribution in [1.29, 1.82) is 5.26 Å². The van der Waals surface area contributed by atoms with Crippen molar-refractivity contribution in [2.75, 3.05) is 39.3 Å². The molecule has 7 heteroatoms. The molecule has 0 saturated carbocycles. The van der Waals surface area contributed by atoms with E-state index in [2.05, 4.69) is 91.0 Å². The van der Waals surface area contributed by atoms with Crippen molar-refractivity contribution >= 4 is 0 Å². The number of hydrogen-bond acceptors (Lipinski definition) is 7. The number of ether oxygens (including phenoxy) is 3. The zero-order valence-corrected chi connectivity index (χ0v) is 29.7. The fraction of sp³-hybridized carbons (Fsp3) is 0.429. The predicted octanol–water partition coefficient (Wildman–Crippen LogP) is 8.20. The maximum Gasteiger partial charge on any atom is 0.128 e. The van der Waals surface area contributed by atoms with Crippen molar-refractivity contribution in [2.24, 2.45) is 0 Å². The lowest BCUT2D eigenvalue weighted by molar-refractivity contribution is 0.245. The zero-order chi connectivity index (χ0) is 34.2. The van der Waals surface area contributed by atoms with E-state index in [1.807, 2.05) is 6.07 Å². The summed E-state index contributed by atoms with van der Waals surface area (Å²) in [4.78, 5) is 9.22. The summed E-state index contributed by atoms with van der Waals surface area (Å²) in [6, 6.07) is 19.0. The average Bonchev–Trinajstić information content (AvgIpc) is 3.66. The Morgan fingerprint density at radius 3 is 2.35 bits per heavy atom. The summed E-state index contributed by atoms with van der Waals surface area (Å²) in [5, 5.41) is 9.35. The normalized spacial score (nSPS) is 14.8. The number of fused-ring (bicyclic) bond motifs is 1. The van der Waals surface area contributed by atoms with E-state index in [9.17, 15) is 5.26 Å². The second-order valence-electron chi connectivity index (χ2n) is 13.3. The standard InChI is InChI=1S/C42H50N4O3/c1-5-35-38-16-20-45(6-2)27-39(38)42(48-28-33-22-32(24-43)25-44-26-33)23-41(35)49-29-34-12-9-13-36(30(34)3)37-14-10-15-40(31(37)4)47-21-11-19-46-17-7-8-18-46/h9-10,12-15,22-23,25-26H,5-8,11,16-21,27-29H2,1-4H3. The number of nitriles is 1. The van der Waals surface area contributed by atoms with Crippen LogP contribution < -0.4 is 14.2 Å². The van der Waals surface area contributed by atoms with Gasteiger partial charge in [-0.25, -0.2) is 0 Å². The Balaban J connectivity index is 1.21. The zero-order valence-electron chi connectivity index (χ0n) is 29.7. The van der Waals surface area contributed by atoms with Gasteiger partial charge in [0, 0.05) is 49.2 Å². The number of likely N-dealkylation sites (tertiary alicyclic amines) is 1. The topological polar surface area (TPSA) is 70.9 Å². The van der Waals surface area contributed by atoms with Gasteiger partial charge < -0.3 is 19.1 Å². The molecule has 0 N–H and O–H groups in total. The molecule has 0 amide bonds. The van der Waals surface area contributed by atoms with Crippen LogP contribution in [0.25, 0.3) is 11.1 Å². The molecule has 1 fully saturated rings. The SMILES string of the molecule is CCc1c(OCc2cccc(-c3cccc(OCCCN4CCCC4)c3C)c2C)cc(OCc2cncc(C#N)c2)c2c1CCN(CC)C2. The summed E-state index contributed by atoms with van der Waals surface area (Å²) in [6.07, 6.45) is 8.89. The first-order valence-electron chi connectivity index (χ1n) is 18.0. The number of likely N-dealkylation sites (N-methyl/N-ethyl adjacent to an activating group) is 1. The quantitative estimate of drug-likeness (QED) is 0.127. The third-order valence-corrected chi connectivity index (χ3v) is 10.2. The molecule has 2 aliphatic heterocycles. The van der Waals surface area contributed by atoms with E-state index in [1.165, 1.54) is 64.9 Å². The lowest BCUT2D eigenvalue weighted by Crippen LogP contribution is -2.31. The Kier molecular flexibility index (Phi) is 11.5. The minimum absolute atomic E-state index is 0.341. The van der Waals surface area contributed by atoms with Gasteiger partial charge in [0.15, 0.2) is 0 Å². The molecule has 0 radical (unpaired) electrons. The van der Waals surface area contributed by atoms with Gasteiger partial charge in [-0.05, 0) is 117 Å². The van der Waals surface area contributed by atoms with Crippen LogP contribution >= 0.6 is 0 Å². The van der Waals surface area contributed by atoms with Gasteiger partial charge in [-0.1, -0.05) is 44.2 Å². The van der Waals surface area contributed by atoms with Crippen LogP contribution in [0.2, 0.25) is 0 Å². The van der Waals surface area contributed by atoms with Gasteiger partial charge >= 0.3 is 0 Å². The van der Waals surface area contributed by atoms with Crippen LogP contribution in [-0.2, 0) is 32.6 Å². The van der Waals surface area contributed by atoms with E-state index in [0.29, 0.717) is 18.8 Å². The van der Waals surface area contributed by atoms with E-state index in [-0.39, 0.29) is 0 Å². The van der Waals surface area contributed by atoms with Gasteiger partial charge in [0.25, 0.3) is 0 Å². The largest absolute Gasteiger partial charge is 0.493 e. The highest BCUT2D eigenvalue weighted by molar-refractivity contribution is 5.73. The van der Waals surface area contributed by atoms with Gasteiger partial charge in [-0.2, -0.15) is 5.26 Å². The third kappa shape index (κ3) is 8.09. The Hall–Kier alpha value is -4.38. The predicted molar refractivity (Wildman–Crippen MR) is 195 cm³/mol. The van der Waals surface area contributed by atoms with Gasteiger partial charge in [-0.3, -0.25) is 9.88 Å². The number of benzene rings is 3. The lowest BCUT2D eigenvalue weighted by Gasteiger charge is -2.31. The maximum atomic E-state index is 9.35. The van der Waals surface area contributed by atoms with E-state index in [4.69, 9.17) is 14.2 Å². The lowest BCUT2D eigenvalue weighted by atomic mass is 9.91. The van der Waals surface area contributed by atoms with Gasteiger partial charge in [0.2, 0.25) is 0 Å². The second kappa shape index (κ2) is 16.3. The van der Waals surface area contributed by atoms with Crippen molar-refractivity contribution in [3.05, 3.63) is 105 Å². The molecule has 3 aromatic carbocycles. The minimum Gasteiger partial charge on any atom is -0.493 e. The molecule has 0 spiro atoms. The van der Waals surface area contributed by atoms with Crippen molar-refractivity contribution < 1.29 is 14.2 Å². The molecular formula is C42H50N4O3. The van der Waals surface area contributed by atoms with Crippen molar-refractivity contribution in [1.82, 2.24) is 14.8 Å². The third-order valence-electron chi connectivity index (χ3n) is 10.2. The molecule has 49 heavy (non-hydrogen) atoms. The molecule has 1 aromatic heterocycles. The first kappa shape index (κ1) is 34.5. The number of pyridine rings is 1. The molecule has 7 nitrogen and oxygen atoms in total. The Morgan fingerprint density at radius 2 is 1.57 bits per heavy atom. The first-order valence-corrected chi connectivity index (χ1v) is 18.0. The summed E-state index contributed by atoms with van der Waals surface area (Å²) in [7, 11) is 0. The number of aromatic nitrogens is 1. The summed E-state index contributed by atoms with van der Waals surface area (Å²) in [6.45, 7) is 16.8. The minimum atomic E-state index is 0.341. The smallest absolute Gasteiger partial charge is 0.128 e. The number of nitrogens with zero attached hydrogens (tertiary/aromatic N) is 4. The summed E-state index contributed by atoms with van der Waals surface area (Å²) >= 11 is 0. The van der Waals surface area contributed by atoms with Crippen LogP contribution in [0, 0.1) is 25.2 Å². The molecule has 4 aromatic rings. The molecule has 0 atom stereocenters. The average molecular weight is 659 g/mol. The van der Waals surface area contributed by atoms with Gasteiger partial charge in [0.1, 0.15) is 36.5 Å². The van der Waals surface area contributed by atoms with Gasteiger partial charge in [-0.15, -0.1) is 0 Å². The van der Waals surface area contributed by atoms with E-state index in [0.717, 1.165) is 80.4 Å². The summed E-state index contributed by atoms with van der Waals surface area (Å²) in [5.41, 5.74) is 11.2. The Morgan fingerprint density at radius 1 is 0.796 bits per heavy atom. The van der Waals surface area contributed by atoms with Crippen molar-refractivity contribution in [3.63, 3.8) is 0 Å². The summed E-state index contributed by atoms with van der Waals surface area (Å²) in [5.74, 6) is 2.70. The Labute approximate surface area is 292 Å². The van der Waals surface area contributed by atoms with Crippen LogP contribution in [0.4, 0.5) is 0 Å². The fourth-order valence-corrected chi connectivity index (χ4v) is 7.35. The molecular weight excluding hydrogens is 608 g/mol. The molecule has 6 rings (SSSR count). The van der Waals surface area contributed by atoms with Crippen LogP contribution in [0.3, 0.4) is 0 Å². The highest BCUT2D eigenvalue weighted by Gasteiger charge is 2.25. The number of rotatable bonds is 14. The number of hydrogen-bond donors (Lipinski definition) is 0. The van der Waals surface area contributed by atoms with Gasteiger partial charge in [0.05, 0.1) is 12.2 Å². The highest BCUT2D eigenvalue weighted by atomic mass is 16.5. The molecule has 3 heterocycles. The molecule has 0 aliphatic carbocycles. The van der Waals surface area contributed by atoms with Crippen LogP contribution in [-0.4, -0.2) is 54.1 Å².